The molecule has 0 saturated carbocycles. The Bertz CT molecular complexity index is 551. The molecule has 7 heteroatoms. The van der Waals surface area contributed by atoms with Crippen molar-refractivity contribution in [2.24, 2.45) is 5.41 Å². The normalized spacial score (nSPS) is 13.9. The van der Waals surface area contributed by atoms with Crippen molar-refractivity contribution in [2.45, 2.75) is 33.5 Å². The van der Waals surface area contributed by atoms with E-state index in [1.807, 2.05) is 18.7 Å². The lowest BCUT2D eigenvalue weighted by molar-refractivity contribution is 0.00411. The Labute approximate surface area is 137 Å². The second-order valence-corrected chi connectivity index (χ2v) is 7.81. The largest absolute Gasteiger partial charge is 0.445 e. The van der Waals surface area contributed by atoms with E-state index < -0.39 is 24.8 Å². The van der Waals surface area contributed by atoms with Gasteiger partial charge in [-0.05, 0) is 25.2 Å². The SMILES string of the molecule is CCN(CC)CC(C)(C)C(OC(=O)c1ccccc1)P(=O)(O)O. The summed E-state index contributed by atoms with van der Waals surface area (Å²) in [5.41, 5.74) is -0.625. The Morgan fingerprint density at radius 2 is 1.74 bits per heavy atom. The molecule has 0 aliphatic carbocycles. The smallest absolute Gasteiger partial charge is 0.366 e. The molecule has 1 rings (SSSR count). The highest BCUT2D eigenvalue weighted by molar-refractivity contribution is 7.52. The molecule has 23 heavy (non-hydrogen) atoms. The number of ether oxygens (including phenoxy) is 1. The maximum atomic E-state index is 12.2. The number of esters is 1. The minimum Gasteiger partial charge on any atom is -0.445 e. The van der Waals surface area contributed by atoms with Crippen molar-refractivity contribution in [1.82, 2.24) is 4.90 Å². The molecule has 1 aromatic rings. The third kappa shape index (κ3) is 5.74. The molecule has 0 bridgehead atoms. The van der Waals surface area contributed by atoms with E-state index in [1.165, 1.54) is 0 Å². The molecule has 130 valence electrons. The van der Waals surface area contributed by atoms with Crippen LogP contribution in [-0.4, -0.2) is 46.1 Å². The van der Waals surface area contributed by atoms with Crippen LogP contribution in [0.15, 0.2) is 30.3 Å². The molecular formula is C16H26NO5P. The van der Waals surface area contributed by atoms with Crippen LogP contribution in [0.4, 0.5) is 0 Å². The molecule has 1 atom stereocenters. The van der Waals surface area contributed by atoms with Crippen LogP contribution in [0.25, 0.3) is 0 Å². The van der Waals surface area contributed by atoms with Crippen LogP contribution in [0.1, 0.15) is 38.1 Å². The maximum absolute atomic E-state index is 12.2. The van der Waals surface area contributed by atoms with Crippen LogP contribution >= 0.6 is 7.60 Å². The molecule has 1 unspecified atom stereocenters. The Morgan fingerprint density at radius 1 is 1.22 bits per heavy atom. The fraction of sp³-hybridized carbons (Fsp3) is 0.562. The molecule has 0 amide bonds. The summed E-state index contributed by atoms with van der Waals surface area (Å²) in [4.78, 5) is 33.6. The highest BCUT2D eigenvalue weighted by atomic mass is 31.2. The highest BCUT2D eigenvalue weighted by Crippen LogP contribution is 2.50. The maximum Gasteiger partial charge on any atom is 0.366 e. The van der Waals surface area contributed by atoms with Gasteiger partial charge >= 0.3 is 13.6 Å². The summed E-state index contributed by atoms with van der Waals surface area (Å²) >= 11 is 0. The molecule has 0 saturated heterocycles. The first-order valence-electron chi connectivity index (χ1n) is 7.65. The summed E-state index contributed by atoms with van der Waals surface area (Å²) in [6.45, 7) is 9.27. The van der Waals surface area contributed by atoms with Gasteiger partial charge in [0.05, 0.1) is 5.56 Å². The predicted molar refractivity (Wildman–Crippen MR) is 89.3 cm³/mol. The number of benzene rings is 1. The van der Waals surface area contributed by atoms with Gasteiger partial charge in [0, 0.05) is 12.0 Å². The van der Waals surface area contributed by atoms with Gasteiger partial charge in [-0.25, -0.2) is 4.79 Å². The van der Waals surface area contributed by atoms with E-state index in [-0.39, 0.29) is 5.56 Å². The Morgan fingerprint density at radius 3 is 2.17 bits per heavy atom. The molecule has 6 nitrogen and oxygen atoms in total. The minimum atomic E-state index is -4.62. The fourth-order valence-corrected chi connectivity index (χ4v) is 3.75. The van der Waals surface area contributed by atoms with E-state index in [2.05, 4.69) is 0 Å². The molecule has 0 aliphatic heterocycles. The number of hydrogen-bond acceptors (Lipinski definition) is 4. The quantitative estimate of drug-likeness (QED) is 0.557. The second kappa shape index (κ2) is 8.06. The Kier molecular flexibility index (Phi) is 6.96. The summed E-state index contributed by atoms with van der Waals surface area (Å²) in [6.07, 6.45) is 0. The lowest BCUT2D eigenvalue weighted by Crippen LogP contribution is -2.43. The van der Waals surface area contributed by atoms with E-state index in [4.69, 9.17) is 4.74 Å². The van der Waals surface area contributed by atoms with Crippen molar-refractivity contribution in [3.8, 4) is 0 Å². The van der Waals surface area contributed by atoms with E-state index in [0.29, 0.717) is 6.54 Å². The standard InChI is InChI=1S/C16H26NO5P/c1-5-17(6-2)12-16(3,4)15(23(19,20)21)22-14(18)13-10-8-7-9-11-13/h7-11,15H,5-6,12H2,1-4H3,(H2,19,20,21). The van der Waals surface area contributed by atoms with Crippen LogP contribution in [0.5, 0.6) is 0 Å². The van der Waals surface area contributed by atoms with Gasteiger partial charge in [0.15, 0.2) is 0 Å². The molecular weight excluding hydrogens is 317 g/mol. The first-order valence-corrected chi connectivity index (χ1v) is 9.33. The van der Waals surface area contributed by atoms with E-state index in [9.17, 15) is 19.1 Å². The molecule has 0 fully saturated rings. The van der Waals surface area contributed by atoms with Gasteiger partial charge in [0.1, 0.15) is 0 Å². The van der Waals surface area contributed by atoms with Gasteiger partial charge in [0.25, 0.3) is 0 Å². The summed E-state index contributed by atoms with van der Waals surface area (Å²) in [5, 5.41) is 0. The van der Waals surface area contributed by atoms with Crippen LogP contribution in [0.3, 0.4) is 0 Å². The first kappa shape index (κ1) is 19.8. The van der Waals surface area contributed by atoms with Crippen molar-refractivity contribution in [3.63, 3.8) is 0 Å². The van der Waals surface area contributed by atoms with Gasteiger partial charge in [-0.15, -0.1) is 0 Å². The first-order chi connectivity index (χ1) is 10.6. The van der Waals surface area contributed by atoms with Gasteiger partial charge in [-0.3, -0.25) is 4.57 Å². The van der Waals surface area contributed by atoms with Crippen molar-refractivity contribution < 1.29 is 23.9 Å². The monoisotopic (exact) mass is 343 g/mol. The van der Waals surface area contributed by atoms with Crippen LogP contribution in [0.2, 0.25) is 0 Å². The second-order valence-electron chi connectivity index (χ2n) is 6.16. The number of nitrogens with zero attached hydrogens (tertiary/aromatic N) is 1. The van der Waals surface area contributed by atoms with Gasteiger partial charge in [-0.1, -0.05) is 45.9 Å². The van der Waals surface area contributed by atoms with Crippen molar-refractivity contribution in [1.29, 1.82) is 0 Å². The van der Waals surface area contributed by atoms with Crippen LogP contribution in [0, 0.1) is 5.41 Å². The van der Waals surface area contributed by atoms with Crippen molar-refractivity contribution in [3.05, 3.63) is 35.9 Å². The number of rotatable bonds is 8. The van der Waals surface area contributed by atoms with Crippen molar-refractivity contribution >= 4 is 13.6 Å². The molecule has 1 aromatic carbocycles. The summed E-state index contributed by atoms with van der Waals surface area (Å²) < 4.78 is 17.1. The van der Waals surface area contributed by atoms with E-state index in [0.717, 1.165) is 13.1 Å². The summed E-state index contributed by atoms with van der Waals surface area (Å²) in [5.74, 6) is -2.23. The Hall–Kier alpha value is -1.20. The fourth-order valence-electron chi connectivity index (χ4n) is 2.53. The van der Waals surface area contributed by atoms with E-state index >= 15 is 0 Å². The van der Waals surface area contributed by atoms with Crippen molar-refractivity contribution in [2.75, 3.05) is 19.6 Å². The average Bonchev–Trinajstić information content (AvgIpc) is 2.49. The zero-order valence-corrected chi connectivity index (χ0v) is 15.0. The van der Waals surface area contributed by atoms with Gasteiger partial charge in [0.2, 0.25) is 5.85 Å². The van der Waals surface area contributed by atoms with E-state index in [1.54, 1.807) is 44.2 Å². The lowest BCUT2D eigenvalue weighted by atomic mass is 9.93. The number of carbonyl (C=O) groups is 1. The van der Waals surface area contributed by atoms with Crippen LogP contribution in [-0.2, 0) is 9.30 Å². The zero-order valence-electron chi connectivity index (χ0n) is 14.1. The molecule has 0 aromatic heterocycles. The molecule has 2 N–H and O–H groups in total. The molecule has 0 aliphatic rings. The zero-order chi connectivity index (χ0) is 17.7. The third-order valence-electron chi connectivity index (χ3n) is 3.73. The van der Waals surface area contributed by atoms with Gasteiger partial charge < -0.3 is 19.4 Å². The third-order valence-corrected chi connectivity index (χ3v) is 5.14. The number of carbonyl (C=O) groups excluding carboxylic acids is 1. The summed E-state index contributed by atoms with van der Waals surface area (Å²) in [7, 11) is -4.62. The topological polar surface area (TPSA) is 87.1 Å². The average molecular weight is 343 g/mol. The summed E-state index contributed by atoms with van der Waals surface area (Å²) in [6, 6.07) is 8.20. The number of hydrogen-bond donors (Lipinski definition) is 2. The molecule has 0 radical (unpaired) electrons. The lowest BCUT2D eigenvalue weighted by Gasteiger charge is -2.37. The highest BCUT2D eigenvalue weighted by Gasteiger charge is 2.45. The molecule has 0 spiro atoms. The minimum absolute atomic E-state index is 0.268. The van der Waals surface area contributed by atoms with Crippen LogP contribution < -0.4 is 0 Å². The Balaban J connectivity index is 3.01. The predicted octanol–water partition coefficient (Wildman–Crippen LogP) is 2.72. The molecule has 0 heterocycles. The van der Waals surface area contributed by atoms with Gasteiger partial charge in [-0.2, -0.15) is 0 Å².